The summed E-state index contributed by atoms with van der Waals surface area (Å²) < 4.78 is 5.00. The molecule has 0 radical (unpaired) electrons. The lowest BCUT2D eigenvalue weighted by Gasteiger charge is -2.47. The highest BCUT2D eigenvalue weighted by Gasteiger charge is 2.45. The van der Waals surface area contributed by atoms with Gasteiger partial charge in [0.2, 0.25) is 0 Å². The lowest BCUT2D eigenvalue weighted by molar-refractivity contribution is -0.144. The molecule has 108 valence electrons. The third-order valence-corrected chi connectivity index (χ3v) is 4.61. The van der Waals surface area contributed by atoms with E-state index in [1.165, 1.54) is 7.11 Å². The molecule has 0 spiro atoms. The van der Waals surface area contributed by atoms with Crippen LogP contribution < -0.4 is 10.2 Å². The fourth-order valence-corrected chi connectivity index (χ4v) is 3.70. The number of carbonyl (C=O) groups excluding carboxylic acids is 1. The van der Waals surface area contributed by atoms with Gasteiger partial charge in [0.15, 0.2) is 0 Å². The number of phenolic OH excluding ortho intramolecular Hbond substituents is 1. The number of hydrogen-bond donors (Lipinski definition) is 2. The van der Waals surface area contributed by atoms with Crippen molar-refractivity contribution < 1.29 is 14.6 Å². The van der Waals surface area contributed by atoms with Crippen molar-refractivity contribution in [1.82, 2.24) is 5.32 Å². The Morgan fingerprint density at radius 1 is 1.50 bits per heavy atom. The lowest BCUT2D eigenvalue weighted by atomic mass is 9.74. The number of carbonyl (C=O) groups is 1. The Kier molecular flexibility index (Phi) is 3.30. The predicted octanol–water partition coefficient (Wildman–Crippen LogP) is 1.08. The molecule has 5 heteroatoms. The molecule has 1 fully saturated rings. The Morgan fingerprint density at radius 3 is 3.05 bits per heavy atom. The number of fused-ring (bicyclic) bond motifs is 2. The summed E-state index contributed by atoms with van der Waals surface area (Å²) in [5.74, 6) is -0.119. The zero-order chi connectivity index (χ0) is 14.3. The molecular formula is C15H20N2O3. The van der Waals surface area contributed by atoms with Crippen LogP contribution in [0.5, 0.6) is 5.75 Å². The SMILES string of the molecule is COC(=O)C1c2cccc(O)c2N(C)C2CCNCC12. The Morgan fingerprint density at radius 2 is 2.30 bits per heavy atom. The smallest absolute Gasteiger partial charge is 0.313 e. The maximum atomic E-state index is 12.3. The number of esters is 1. The maximum absolute atomic E-state index is 12.3. The van der Waals surface area contributed by atoms with E-state index in [0.29, 0.717) is 0 Å². The molecule has 2 heterocycles. The number of rotatable bonds is 1. The molecule has 2 N–H and O–H groups in total. The summed E-state index contributed by atoms with van der Waals surface area (Å²) in [7, 11) is 3.42. The van der Waals surface area contributed by atoms with Gasteiger partial charge in [-0.1, -0.05) is 12.1 Å². The highest BCUT2D eigenvalue weighted by Crippen LogP contribution is 2.47. The van der Waals surface area contributed by atoms with Crippen molar-refractivity contribution in [3.63, 3.8) is 0 Å². The van der Waals surface area contributed by atoms with Crippen molar-refractivity contribution in [2.75, 3.05) is 32.1 Å². The van der Waals surface area contributed by atoms with Gasteiger partial charge in [0, 0.05) is 25.6 Å². The topological polar surface area (TPSA) is 61.8 Å². The molecular weight excluding hydrogens is 256 g/mol. The van der Waals surface area contributed by atoms with Gasteiger partial charge >= 0.3 is 5.97 Å². The van der Waals surface area contributed by atoms with Crippen LogP contribution in [0.2, 0.25) is 0 Å². The van der Waals surface area contributed by atoms with Crippen LogP contribution >= 0.6 is 0 Å². The van der Waals surface area contributed by atoms with E-state index >= 15 is 0 Å². The largest absolute Gasteiger partial charge is 0.506 e. The summed E-state index contributed by atoms with van der Waals surface area (Å²) in [5.41, 5.74) is 1.63. The van der Waals surface area contributed by atoms with E-state index in [1.807, 2.05) is 13.1 Å². The molecule has 20 heavy (non-hydrogen) atoms. The van der Waals surface area contributed by atoms with E-state index in [9.17, 15) is 9.90 Å². The number of ether oxygens (including phenoxy) is 1. The molecule has 1 aromatic carbocycles. The first-order valence-electron chi connectivity index (χ1n) is 6.98. The van der Waals surface area contributed by atoms with Gasteiger partial charge in [-0.2, -0.15) is 0 Å². The second-order valence-electron chi connectivity index (χ2n) is 5.55. The number of methoxy groups -OCH3 is 1. The zero-order valence-corrected chi connectivity index (χ0v) is 11.8. The van der Waals surface area contributed by atoms with Crippen molar-refractivity contribution in [2.45, 2.75) is 18.4 Å². The number of hydrogen-bond acceptors (Lipinski definition) is 5. The molecule has 2 aliphatic heterocycles. The molecule has 0 amide bonds. The van der Waals surface area contributed by atoms with Crippen LogP contribution in [-0.4, -0.2) is 44.4 Å². The monoisotopic (exact) mass is 276 g/mol. The van der Waals surface area contributed by atoms with Gasteiger partial charge in [-0.25, -0.2) is 0 Å². The second-order valence-corrected chi connectivity index (χ2v) is 5.55. The Balaban J connectivity index is 2.14. The molecule has 3 rings (SSSR count). The number of phenols is 1. The Labute approximate surface area is 118 Å². The van der Waals surface area contributed by atoms with Crippen LogP contribution in [-0.2, 0) is 9.53 Å². The minimum Gasteiger partial charge on any atom is -0.506 e. The van der Waals surface area contributed by atoms with E-state index in [0.717, 1.165) is 30.8 Å². The number of aromatic hydroxyl groups is 1. The highest BCUT2D eigenvalue weighted by molar-refractivity contribution is 5.84. The van der Waals surface area contributed by atoms with Crippen LogP contribution in [0.25, 0.3) is 0 Å². The predicted molar refractivity (Wildman–Crippen MR) is 76.0 cm³/mol. The summed E-state index contributed by atoms with van der Waals surface area (Å²) in [6.07, 6.45) is 0.961. The first kappa shape index (κ1) is 13.2. The van der Waals surface area contributed by atoms with Crippen LogP contribution in [0.15, 0.2) is 18.2 Å². The zero-order valence-electron chi connectivity index (χ0n) is 11.8. The van der Waals surface area contributed by atoms with Crippen LogP contribution in [0.1, 0.15) is 17.9 Å². The molecule has 1 aromatic rings. The summed E-state index contributed by atoms with van der Waals surface area (Å²) >= 11 is 0. The van der Waals surface area contributed by atoms with Gasteiger partial charge in [-0.05, 0) is 24.6 Å². The fourth-order valence-electron chi connectivity index (χ4n) is 3.70. The Bertz CT molecular complexity index is 532. The van der Waals surface area contributed by atoms with Crippen molar-refractivity contribution in [2.24, 2.45) is 5.92 Å². The molecule has 0 aliphatic carbocycles. The van der Waals surface area contributed by atoms with Crippen LogP contribution in [0, 0.1) is 5.92 Å². The van der Waals surface area contributed by atoms with E-state index < -0.39 is 0 Å². The van der Waals surface area contributed by atoms with E-state index in [4.69, 9.17) is 4.74 Å². The fraction of sp³-hybridized carbons (Fsp3) is 0.533. The first-order valence-corrected chi connectivity index (χ1v) is 6.98. The average molecular weight is 276 g/mol. The number of nitrogens with zero attached hydrogens (tertiary/aromatic N) is 1. The van der Waals surface area contributed by atoms with Gasteiger partial charge in [0.05, 0.1) is 18.7 Å². The minimum absolute atomic E-state index is 0.176. The quantitative estimate of drug-likeness (QED) is 0.752. The lowest BCUT2D eigenvalue weighted by Crippen LogP contribution is -2.54. The van der Waals surface area contributed by atoms with Crippen LogP contribution in [0.4, 0.5) is 5.69 Å². The maximum Gasteiger partial charge on any atom is 0.313 e. The van der Waals surface area contributed by atoms with Gasteiger partial charge in [0.1, 0.15) is 5.75 Å². The van der Waals surface area contributed by atoms with E-state index in [2.05, 4.69) is 10.2 Å². The molecule has 3 atom stereocenters. The van der Waals surface area contributed by atoms with Gasteiger partial charge in [-0.15, -0.1) is 0 Å². The molecule has 3 unspecified atom stereocenters. The molecule has 5 nitrogen and oxygen atoms in total. The molecule has 2 aliphatic rings. The summed E-state index contributed by atoms with van der Waals surface area (Å²) in [6.45, 7) is 1.73. The molecule has 0 saturated carbocycles. The summed E-state index contributed by atoms with van der Waals surface area (Å²) in [5, 5.41) is 13.5. The van der Waals surface area contributed by atoms with Gasteiger partial charge in [-0.3, -0.25) is 4.79 Å². The first-order chi connectivity index (χ1) is 9.65. The molecule has 0 aromatic heterocycles. The standard InChI is InChI=1S/C15H20N2O3/c1-17-11-6-7-16-8-10(11)13(15(19)20-2)9-4-3-5-12(18)14(9)17/h3-5,10-11,13,16,18H,6-8H2,1-2H3. The molecule has 1 saturated heterocycles. The minimum atomic E-state index is -0.309. The Hall–Kier alpha value is -1.75. The average Bonchev–Trinajstić information content (AvgIpc) is 2.47. The van der Waals surface area contributed by atoms with Gasteiger partial charge in [0.25, 0.3) is 0 Å². The third-order valence-electron chi connectivity index (χ3n) is 4.61. The highest BCUT2D eigenvalue weighted by atomic mass is 16.5. The van der Waals surface area contributed by atoms with Crippen molar-refractivity contribution in [1.29, 1.82) is 0 Å². The normalized spacial score (nSPS) is 28.5. The van der Waals surface area contributed by atoms with Crippen molar-refractivity contribution >= 4 is 11.7 Å². The third kappa shape index (κ3) is 1.85. The summed E-state index contributed by atoms with van der Waals surface area (Å²) in [4.78, 5) is 14.4. The van der Waals surface area contributed by atoms with E-state index in [-0.39, 0.29) is 29.6 Å². The number of anilines is 1. The summed E-state index contributed by atoms with van der Waals surface area (Å²) in [6, 6.07) is 5.62. The second kappa shape index (κ2) is 4.98. The number of nitrogens with one attached hydrogen (secondary N) is 1. The van der Waals surface area contributed by atoms with Crippen molar-refractivity contribution in [3.05, 3.63) is 23.8 Å². The van der Waals surface area contributed by atoms with E-state index in [1.54, 1.807) is 12.1 Å². The van der Waals surface area contributed by atoms with Gasteiger partial charge < -0.3 is 20.1 Å². The van der Waals surface area contributed by atoms with Crippen molar-refractivity contribution in [3.8, 4) is 5.75 Å². The number of para-hydroxylation sites is 1. The number of piperidine rings is 1. The molecule has 0 bridgehead atoms. The van der Waals surface area contributed by atoms with Crippen LogP contribution in [0.3, 0.4) is 0 Å². The number of benzene rings is 1.